The molecule has 164 valence electrons. The van der Waals surface area contributed by atoms with Gasteiger partial charge < -0.3 is 10.6 Å². The maximum atomic E-state index is 12.9. The van der Waals surface area contributed by atoms with Gasteiger partial charge in [0.15, 0.2) is 5.11 Å². The molecule has 2 aromatic carbocycles. The molecule has 0 bridgehead atoms. The van der Waals surface area contributed by atoms with Crippen molar-refractivity contribution in [2.75, 3.05) is 10.6 Å². The second-order valence-corrected chi connectivity index (χ2v) is 7.52. The van der Waals surface area contributed by atoms with Gasteiger partial charge in [-0.2, -0.15) is 23.4 Å². The van der Waals surface area contributed by atoms with Crippen LogP contribution in [-0.2, 0) is 19.3 Å². The Bertz CT molecular complexity index is 1200. The van der Waals surface area contributed by atoms with Gasteiger partial charge in [-0.25, -0.2) is 0 Å². The molecule has 4 rings (SSSR count). The first kappa shape index (κ1) is 21.6. The summed E-state index contributed by atoms with van der Waals surface area (Å²) in [4.78, 5) is 0. The fourth-order valence-corrected chi connectivity index (χ4v) is 3.36. The normalized spacial score (nSPS) is 11.3. The highest BCUT2D eigenvalue weighted by Crippen LogP contribution is 2.29. The van der Waals surface area contributed by atoms with Gasteiger partial charge in [0.25, 0.3) is 0 Å². The van der Waals surface area contributed by atoms with Crippen molar-refractivity contribution in [3.63, 3.8) is 0 Å². The van der Waals surface area contributed by atoms with Crippen LogP contribution in [0, 0.1) is 0 Å². The Morgan fingerprint density at radius 3 is 1.97 bits per heavy atom. The quantitative estimate of drug-likeness (QED) is 0.400. The average molecular weight is 456 g/mol. The summed E-state index contributed by atoms with van der Waals surface area (Å²) in [6, 6.07) is 15.1. The predicted octanol–water partition coefficient (Wildman–Crippen LogP) is 5.00. The molecule has 0 amide bonds. The zero-order valence-electron chi connectivity index (χ0n) is 16.8. The summed E-state index contributed by atoms with van der Waals surface area (Å²) in [5, 5.41) is 14.9. The van der Waals surface area contributed by atoms with Crippen LogP contribution >= 0.6 is 12.2 Å². The molecular weight excluding hydrogens is 437 g/mol. The van der Waals surface area contributed by atoms with Gasteiger partial charge in [-0.1, -0.05) is 42.5 Å². The summed E-state index contributed by atoms with van der Waals surface area (Å²) in [6.07, 6.45) is 2.37. The van der Waals surface area contributed by atoms with E-state index in [1.165, 1.54) is 6.07 Å². The number of alkyl halides is 3. The summed E-state index contributed by atoms with van der Waals surface area (Å²) >= 11 is 5.33. The van der Waals surface area contributed by atoms with E-state index in [2.05, 4.69) is 20.8 Å². The fourth-order valence-electron chi connectivity index (χ4n) is 3.13. The molecule has 2 N–H and O–H groups in total. The number of hydrogen-bond acceptors (Lipinski definition) is 3. The molecule has 6 nitrogen and oxygen atoms in total. The Hall–Kier alpha value is -3.66. The van der Waals surface area contributed by atoms with Crippen molar-refractivity contribution in [1.82, 2.24) is 19.6 Å². The molecule has 10 heteroatoms. The second kappa shape index (κ2) is 9.23. The van der Waals surface area contributed by atoms with Crippen molar-refractivity contribution >= 4 is 28.7 Å². The molecule has 0 saturated heterocycles. The van der Waals surface area contributed by atoms with Crippen LogP contribution in [0.4, 0.5) is 24.5 Å². The monoisotopic (exact) mass is 456 g/mol. The lowest BCUT2D eigenvalue weighted by Gasteiger charge is -2.09. The number of benzene rings is 2. The lowest BCUT2D eigenvalue weighted by molar-refractivity contribution is -0.137. The Morgan fingerprint density at radius 2 is 1.38 bits per heavy atom. The molecule has 4 aromatic rings. The van der Waals surface area contributed by atoms with Crippen LogP contribution in [0.1, 0.15) is 16.7 Å². The third-order valence-corrected chi connectivity index (χ3v) is 4.77. The SMILES string of the molecule is FC(F)(F)c1cccc(Cn2cc(NC(=S)Nc3cnn(Cc4ccccc4)c3)cn2)c1. The molecule has 2 heterocycles. The standard InChI is InChI=1S/C22H19F3N6S/c23-22(24,25)18-8-4-7-17(9-18)13-31-15-20(11-27-31)29-21(32)28-19-10-26-30(14-19)12-16-5-2-1-3-6-16/h1-11,14-15H,12-13H2,(H2,28,29,32). The highest BCUT2D eigenvalue weighted by atomic mass is 32.1. The van der Waals surface area contributed by atoms with E-state index in [1.54, 1.807) is 34.0 Å². The third-order valence-electron chi connectivity index (χ3n) is 4.57. The number of nitrogens with zero attached hydrogens (tertiary/aromatic N) is 4. The maximum absolute atomic E-state index is 12.9. The highest BCUT2D eigenvalue weighted by molar-refractivity contribution is 7.80. The van der Waals surface area contributed by atoms with Gasteiger partial charge in [0.2, 0.25) is 0 Å². The topological polar surface area (TPSA) is 59.7 Å². The maximum Gasteiger partial charge on any atom is 0.416 e. The molecule has 0 spiro atoms. The van der Waals surface area contributed by atoms with Crippen LogP contribution in [0.5, 0.6) is 0 Å². The first-order valence-electron chi connectivity index (χ1n) is 9.68. The largest absolute Gasteiger partial charge is 0.416 e. The predicted molar refractivity (Wildman–Crippen MR) is 120 cm³/mol. The summed E-state index contributed by atoms with van der Waals surface area (Å²) in [5.41, 5.74) is 2.30. The van der Waals surface area contributed by atoms with E-state index >= 15 is 0 Å². The van der Waals surface area contributed by atoms with Crippen molar-refractivity contribution < 1.29 is 13.2 Å². The minimum atomic E-state index is -4.38. The first-order chi connectivity index (χ1) is 15.3. The Kier molecular flexibility index (Phi) is 6.22. The molecule has 2 aromatic heterocycles. The van der Waals surface area contributed by atoms with Crippen LogP contribution in [0.25, 0.3) is 0 Å². The molecular formula is C22H19F3N6S. The third kappa shape index (κ3) is 5.73. The van der Waals surface area contributed by atoms with Gasteiger partial charge >= 0.3 is 6.18 Å². The van der Waals surface area contributed by atoms with E-state index in [-0.39, 0.29) is 6.54 Å². The minimum Gasteiger partial charge on any atom is -0.330 e. The molecule has 0 fully saturated rings. The number of aromatic nitrogens is 4. The number of halogens is 3. The lowest BCUT2D eigenvalue weighted by atomic mass is 10.1. The van der Waals surface area contributed by atoms with E-state index < -0.39 is 11.7 Å². The zero-order valence-corrected chi connectivity index (χ0v) is 17.6. The number of nitrogens with one attached hydrogen (secondary N) is 2. The number of hydrogen-bond donors (Lipinski definition) is 2. The molecule has 0 aliphatic rings. The number of anilines is 2. The van der Waals surface area contributed by atoms with Crippen LogP contribution in [0.2, 0.25) is 0 Å². The molecule has 0 aliphatic heterocycles. The van der Waals surface area contributed by atoms with Gasteiger partial charge in [-0.15, -0.1) is 0 Å². The van der Waals surface area contributed by atoms with Gasteiger partial charge in [0.1, 0.15) is 0 Å². The summed E-state index contributed by atoms with van der Waals surface area (Å²) < 4.78 is 42.0. The Morgan fingerprint density at radius 1 is 0.812 bits per heavy atom. The summed E-state index contributed by atoms with van der Waals surface area (Å²) in [7, 11) is 0. The first-order valence-corrected chi connectivity index (χ1v) is 10.1. The van der Waals surface area contributed by atoms with E-state index in [9.17, 15) is 13.2 Å². The number of rotatable bonds is 6. The van der Waals surface area contributed by atoms with Crippen LogP contribution in [-0.4, -0.2) is 24.7 Å². The van der Waals surface area contributed by atoms with Crippen LogP contribution in [0.3, 0.4) is 0 Å². The number of thiocarbonyl (C=S) groups is 1. The summed E-state index contributed by atoms with van der Waals surface area (Å²) in [5.74, 6) is 0. The van der Waals surface area contributed by atoms with E-state index in [0.717, 1.165) is 23.4 Å². The van der Waals surface area contributed by atoms with E-state index in [4.69, 9.17) is 12.2 Å². The average Bonchev–Trinajstić information content (AvgIpc) is 3.37. The zero-order chi connectivity index (χ0) is 22.6. The minimum absolute atomic E-state index is 0.206. The van der Waals surface area contributed by atoms with E-state index in [0.29, 0.717) is 22.9 Å². The van der Waals surface area contributed by atoms with Crippen LogP contribution in [0.15, 0.2) is 79.4 Å². The summed E-state index contributed by atoms with van der Waals surface area (Å²) in [6.45, 7) is 0.850. The second-order valence-electron chi connectivity index (χ2n) is 7.12. The molecule has 0 radical (unpaired) electrons. The van der Waals surface area contributed by atoms with Crippen molar-refractivity contribution in [3.05, 3.63) is 96.1 Å². The van der Waals surface area contributed by atoms with Gasteiger partial charge in [-0.3, -0.25) is 9.36 Å². The van der Waals surface area contributed by atoms with Crippen molar-refractivity contribution in [1.29, 1.82) is 0 Å². The molecule has 0 saturated carbocycles. The smallest absolute Gasteiger partial charge is 0.330 e. The van der Waals surface area contributed by atoms with Gasteiger partial charge in [-0.05, 0) is 35.5 Å². The van der Waals surface area contributed by atoms with E-state index in [1.807, 2.05) is 36.5 Å². The molecule has 0 unspecified atom stereocenters. The Balaban J connectivity index is 1.32. The van der Waals surface area contributed by atoms with Crippen molar-refractivity contribution in [2.45, 2.75) is 19.3 Å². The highest BCUT2D eigenvalue weighted by Gasteiger charge is 2.30. The molecule has 0 atom stereocenters. The molecule has 32 heavy (non-hydrogen) atoms. The van der Waals surface area contributed by atoms with Crippen LogP contribution < -0.4 is 10.6 Å². The van der Waals surface area contributed by atoms with Crippen molar-refractivity contribution in [2.24, 2.45) is 0 Å². The Labute approximate surface area is 187 Å². The fraction of sp³-hybridized carbons (Fsp3) is 0.136. The van der Waals surface area contributed by atoms with Gasteiger partial charge in [0.05, 0.1) is 42.4 Å². The molecule has 0 aliphatic carbocycles. The van der Waals surface area contributed by atoms with Gasteiger partial charge in [0, 0.05) is 12.4 Å². The van der Waals surface area contributed by atoms with Crippen molar-refractivity contribution in [3.8, 4) is 0 Å². The lowest BCUT2D eigenvalue weighted by Crippen LogP contribution is -2.18.